The van der Waals surface area contributed by atoms with Crippen LogP contribution in [0.25, 0.3) is 11.0 Å². The minimum Gasteiger partial charge on any atom is -0.352 e. The van der Waals surface area contributed by atoms with Gasteiger partial charge in [-0.3, -0.25) is 9.00 Å². The summed E-state index contributed by atoms with van der Waals surface area (Å²) in [6.07, 6.45) is 10.6. The Hall–Kier alpha value is -2.71. The lowest BCUT2D eigenvalue weighted by Gasteiger charge is -2.22. The Bertz CT molecular complexity index is 1230. The highest BCUT2D eigenvalue weighted by atomic mass is 32.2. The van der Waals surface area contributed by atoms with Crippen molar-refractivity contribution in [3.63, 3.8) is 0 Å². The lowest BCUT2D eigenvalue weighted by molar-refractivity contribution is 0.0751. The molecule has 0 spiro atoms. The van der Waals surface area contributed by atoms with Gasteiger partial charge in [-0.2, -0.15) is 0 Å². The molecule has 7 nitrogen and oxygen atoms in total. The molecule has 0 fully saturated rings. The topological polar surface area (TPSA) is 70.5 Å². The van der Waals surface area contributed by atoms with E-state index in [9.17, 15) is 9.00 Å². The van der Waals surface area contributed by atoms with Crippen molar-refractivity contribution in [3.8, 4) is 0 Å². The summed E-state index contributed by atoms with van der Waals surface area (Å²) >= 11 is 0. The molecular formula is C33H51N5O2S. The van der Waals surface area contributed by atoms with Crippen molar-refractivity contribution in [3.05, 3.63) is 53.6 Å². The molecule has 1 unspecified atom stereocenters. The van der Waals surface area contributed by atoms with E-state index in [0.717, 1.165) is 97.8 Å². The van der Waals surface area contributed by atoms with Gasteiger partial charge in [-0.25, -0.2) is 4.98 Å². The summed E-state index contributed by atoms with van der Waals surface area (Å²) in [5, 5.41) is 3.54. The molecule has 0 aliphatic rings. The van der Waals surface area contributed by atoms with Gasteiger partial charge in [0, 0.05) is 53.7 Å². The van der Waals surface area contributed by atoms with Crippen LogP contribution in [0.4, 0.5) is 5.95 Å². The monoisotopic (exact) mass is 581 g/mol. The van der Waals surface area contributed by atoms with Gasteiger partial charge in [-0.1, -0.05) is 58.6 Å². The predicted octanol–water partition coefficient (Wildman–Crippen LogP) is 6.94. The van der Waals surface area contributed by atoms with Gasteiger partial charge >= 0.3 is 0 Å². The Kier molecular flexibility index (Phi) is 13.8. The van der Waals surface area contributed by atoms with Crippen LogP contribution >= 0.6 is 0 Å². The van der Waals surface area contributed by atoms with E-state index in [0.29, 0.717) is 6.54 Å². The third-order valence-electron chi connectivity index (χ3n) is 7.62. The number of unbranched alkanes of at least 4 members (excludes halogenated alkanes) is 4. The zero-order valence-electron chi connectivity index (χ0n) is 26.0. The van der Waals surface area contributed by atoms with E-state index in [1.54, 1.807) is 6.26 Å². The highest BCUT2D eigenvalue weighted by Gasteiger charge is 2.18. The Morgan fingerprint density at radius 1 is 0.878 bits per heavy atom. The van der Waals surface area contributed by atoms with Gasteiger partial charge in [0.25, 0.3) is 5.91 Å². The van der Waals surface area contributed by atoms with Crippen LogP contribution in [-0.2, 0) is 23.9 Å². The molecule has 3 aromatic rings. The second-order valence-electron chi connectivity index (χ2n) is 11.1. The molecule has 226 valence electrons. The number of aryl methyl sites for hydroxylation is 1. The number of hydrogen-bond donors (Lipinski definition) is 1. The number of amides is 1. The molecule has 0 bridgehead atoms. The first-order chi connectivity index (χ1) is 19.9. The molecule has 0 radical (unpaired) electrons. The van der Waals surface area contributed by atoms with Gasteiger partial charge in [0.2, 0.25) is 5.95 Å². The Labute approximate surface area is 250 Å². The number of carbonyl (C=O) groups is 1. The molecule has 8 heteroatoms. The van der Waals surface area contributed by atoms with Crippen LogP contribution in [0.1, 0.15) is 88.1 Å². The summed E-state index contributed by atoms with van der Waals surface area (Å²) in [5.41, 5.74) is 3.73. The maximum absolute atomic E-state index is 13.6. The number of benzene rings is 2. The smallest absolute Gasteiger partial charge is 0.253 e. The van der Waals surface area contributed by atoms with Gasteiger partial charge in [-0.15, -0.1) is 0 Å². The molecule has 1 N–H and O–H groups in total. The maximum atomic E-state index is 13.6. The molecule has 0 saturated carbocycles. The number of nitrogens with one attached hydrogen (secondary N) is 1. The van der Waals surface area contributed by atoms with Gasteiger partial charge < -0.3 is 19.7 Å². The number of imidazole rings is 1. The lowest BCUT2D eigenvalue weighted by Crippen LogP contribution is -2.33. The molecule has 2 aromatic carbocycles. The van der Waals surface area contributed by atoms with E-state index in [2.05, 4.69) is 42.6 Å². The summed E-state index contributed by atoms with van der Waals surface area (Å²) < 4.78 is 14.0. The van der Waals surface area contributed by atoms with Crippen LogP contribution in [0.5, 0.6) is 0 Å². The van der Waals surface area contributed by atoms with Crippen LogP contribution < -0.4 is 5.32 Å². The first kappa shape index (κ1) is 32.8. The van der Waals surface area contributed by atoms with E-state index < -0.39 is 10.8 Å². The molecule has 1 atom stereocenters. The van der Waals surface area contributed by atoms with E-state index in [1.807, 2.05) is 47.4 Å². The summed E-state index contributed by atoms with van der Waals surface area (Å²) in [6.45, 7) is 11.7. The summed E-state index contributed by atoms with van der Waals surface area (Å²) in [6, 6.07) is 13.8. The largest absolute Gasteiger partial charge is 0.352 e. The average Bonchev–Trinajstić information content (AvgIpc) is 3.32. The third kappa shape index (κ3) is 9.96. The van der Waals surface area contributed by atoms with Crippen LogP contribution in [0.3, 0.4) is 0 Å². The fraction of sp³-hybridized carbons (Fsp3) is 0.576. The van der Waals surface area contributed by atoms with Gasteiger partial charge in [0.05, 0.1) is 11.0 Å². The zero-order valence-corrected chi connectivity index (χ0v) is 26.8. The van der Waals surface area contributed by atoms with Gasteiger partial charge in [0.1, 0.15) is 0 Å². The quantitative estimate of drug-likeness (QED) is 0.155. The molecule has 3 rings (SSSR count). The van der Waals surface area contributed by atoms with E-state index in [4.69, 9.17) is 4.98 Å². The number of nitrogens with zero attached hydrogens (tertiary/aromatic N) is 4. The van der Waals surface area contributed by atoms with Crippen LogP contribution in [-0.4, -0.2) is 68.9 Å². The second-order valence-corrected chi connectivity index (χ2v) is 12.5. The number of fused-ring (bicyclic) bond motifs is 1. The summed E-state index contributed by atoms with van der Waals surface area (Å²) in [4.78, 5) is 23.8. The molecule has 41 heavy (non-hydrogen) atoms. The summed E-state index contributed by atoms with van der Waals surface area (Å²) in [5.74, 6) is 0.926. The maximum Gasteiger partial charge on any atom is 0.253 e. The molecule has 0 saturated heterocycles. The minimum atomic E-state index is -0.988. The van der Waals surface area contributed by atoms with Crippen molar-refractivity contribution in [2.45, 2.75) is 90.1 Å². The number of anilines is 1. The molecule has 1 heterocycles. The van der Waals surface area contributed by atoms with E-state index in [-0.39, 0.29) is 5.91 Å². The standard InChI is InChI=1S/C33H51N5O2S/c1-6-9-12-20-36(4)21-13-24-38-31-25-28(32(39)37(22-10-7-2)23-11-8-3)16-19-30(31)35-33(38)34-26-27-14-17-29(18-15-27)41(5)40/h14-19,25H,6-13,20-24,26H2,1-5H3,(H,34,35). The molecule has 0 aliphatic heterocycles. The normalized spacial score (nSPS) is 12.2. The van der Waals surface area contributed by atoms with Gasteiger partial charge in [0.15, 0.2) is 0 Å². The Balaban J connectivity index is 1.84. The van der Waals surface area contributed by atoms with Crippen molar-refractivity contribution >= 4 is 33.7 Å². The van der Waals surface area contributed by atoms with Crippen molar-refractivity contribution < 1.29 is 9.00 Å². The fourth-order valence-corrected chi connectivity index (χ4v) is 5.55. The SMILES string of the molecule is CCCCCN(C)CCCn1c(NCc2ccc(S(C)=O)cc2)nc2ccc(C(=O)N(CCCC)CCCC)cc21. The Morgan fingerprint density at radius 3 is 2.17 bits per heavy atom. The fourth-order valence-electron chi connectivity index (χ4n) is 5.03. The average molecular weight is 582 g/mol. The molecule has 1 amide bonds. The van der Waals surface area contributed by atoms with Crippen molar-refractivity contribution in [2.75, 3.05) is 44.8 Å². The number of carbonyl (C=O) groups excluding carboxylic acids is 1. The molecular weight excluding hydrogens is 530 g/mol. The molecule has 0 aliphatic carbocycles. The number of rotatable bonds is 19. The van der Waals surface area contributed by atoms with Crippen LogP contribution in [0.2, 0.25) is 0 Å². The molecule has 1 aromatic heterocycles. The van der Waals surface area contributed by atoms with E-state index >= 15 is 0 Å². The van der Waals surface area contributed by atoms with Crippen molar-refractivity contribution in [1.82, 2.24) is 19.4 Å². The van der Waals surface area contributed by atoms with Crippen molar-refractivity contribution in [1.29, 1.82) is 0 Å². The zero-order chi connectivity index (χ0) is 29.6. The first-order valence-corrected chi connectivity index (χ1v) is 17.1. The van der Waals surface area contributed by atoms with E-state index in [1.165, 1.54) is 19.3 Å². The summed E-state index contributed by atoms with van der Waals surface area (Å²) in [7, 11) is 1.21. The van der Waals surface area contributed by atoms with Crippen LogP contribution in [0, 0.1) is 0 Å². The van der Waals surface area contributed by atoms with Crippen LogP contribution in [0.15, 0.2) is 47.4 Å². The lowest BCUT2D eigenvalue weighted by atomic mass is 10.1. The number of hydrogen-bond acceptors (Lipinski definition) is 5. The van der Waals surface area contributed by atoms with Crippen molar-refractivity contribution in [2.24, 2.45) is 0 Å². The Morgan fingerprint density at radius 2 is 1.54 bits per heavy atom. The highest BCUT2D eigenvalue weighted by molar-refractivity contribution is 7.84. The highest BCUT2D eigenvalue weighted by Crippen LogP contribution is 2.24. The third-order valence-corrected chi connectivity index (χ3v) is 8.55. The first-order valence-electron chi connectivity index (χ1n) is 15.5. The number of aromatic nitrogens is 2. The predicted molar refractivity (Wildman–Crippen MR) is 173 cm³/mol. The van der Waals surface area contributed by atoms with Gasteiger partial charge in [-0.05, 0) is 81.7 Å². The minimum absolute atomic E-state index is 0.111. The second kappa shape index (κ2) is 17.3.